The molecule has 238 valence electrons. The quantitative estimate of drug-likeness (QED) is 0.326. The van der Waals surface area contributed by atoms with Crippen molar-refractivity contribution < 1.29 is 41.0 Å². The number of benzene rings is 2. The van der Waals surface area contributed by atoms with Crippen LogP contribution in [0, 0.1) is 5.92 Å². The van der Waals surface area contributed by atoms with E-state index in [4.69, 9.17) is 9.47 Å². The molecule has 0 aliphatic carbocycles. The van der Waals surface area contributed by atoms with E-state index in [2.05, 4.69) is 15.1 Å². The lowest BCUT2D eigenvalue weighted by Crippen LogP contribution is -2.48. The number of rotatable bonds is 14. The lowest BCUT2D eigenvalue weighted by molar-refractivity contribution is -0.143. The van der Waals surface area contributed by atoms with Crippen LogP contribution in [0.25, 0.3) is 0 Å². The molecule has 0 bridgehead atoms. The Morgan fingerprint density at radius 2 is 1.47 bits per heavy atom. The van der Waals surface area contributed by atoms with Gasteiger partial charge in [0.25, 0.3) is 0 Å². The van der Waals surface area contributed by atoms with E-state index in [0.29, 0.717) is 77.8 Å². The molecule has 2 N–H and O–H groups in total. The second-order valence-corrected chi connectivity index (χ2v) is 12.5. The van der Waals surface area contributed by atoms with Gasteiger partial charge in [-0.1, -0.05) is 30.3 Å². The van der Waals surface area contributed by atoms with E-state index in [-0.39, 0.29) is 18.0 Å². The number of carboxylic acids is 1. The molecular weight excluding hydrogens is 589 g/mol. The molecule has 14 heteroatoms. The average molecular weight is 629 g/mol. The molecule has 0 saturated carbocycles. The van der Waals surface area contributed by atoms with Crippen molar-refractivity contribution in [3.8, 4) is 0 Å². The third-order valence-corrected chi connectivity index (χ3v) is 9.64. The van der Waals surface area contributed by atoms with Crippen molar-refractivity contribution in [1.82, 2.24) is 19.4 Å². The molecular formula is C29H39F3N4O6S. The van der Waals surface area contributed by atoms with Gasteiger partial charge in [0.15, 0.2) is 0 Å². The van der Waals surface area contributed by atoms with E-state index in [1.807, 2.05) is 0 Å². The fraction of sp³-hybridized carbons (Fsp3) is 0.552. The SMILES string of the molecule is O=C(O)C(CN(CCN1CCOCC1)S(=O)(=O)c1ccccc1)C(NCCN1CCOCC1)c1ccc(C(F)(F)F)cc1. The van der Waals surface area contributed by atoms with Gasteiger partial charge in [0.1, 0.15) is 0 Å². The average Bonchev–Trinajstić information content (AvgIpc) is 3.01. The summed E-state index contributed by atoms with van der Waals surface area (Å²) in [5.74, 6) is -2.56. The van der Waals surface area contributed by atoms with Gasteiger partial charge in [-0.2, -0.15) is 17.5 Å². The number of carbonyl (C=O) groups is 1. The van der Waals surface area contributed by atoms with Crippen LogP contribution >= 0.6 is 0 Å². The first-order chi connectivity index (χ1) is 20.6. The Hall–Kier alpha value is -2.59. The number of hydrogen-bond donors (Lipinski definition) is 2. The molecule has 0 radical (unpaired) electrons. The molecule has 43 heavy (non-hydrogen) atoms. The smallest absolute Gasteiger partial charge is 0.416 e. The van der Waals surface area contributed by atoms with Crippen LogP contribution in [0.2, 0.25) is 0 Å². The Labute approximate surface area is 250 Å². The number of aliphatic carboxylic acids is 1. The van der Waals surface area contributed by atoms with Crippen molar-refractivity contribution in [3.63, 3.8) is 0 Å². The van der Waals surface area contributed by atoms with E-state index in [1.54, 1.807) is 18.2 Å². The second-order valence-electron chi connectivity index (χ2n) is 10.6. The number of nitrogens with one attached hydrogen (secondary N) is 1. The van der Waals surface area contributed by atoms with Gasteiger partial charge in [-0.05, 0) is 29.8 Å². The minimum atomic E-state index is -4.55. The lowest BCUT2D eigenvalue weighted by Gasteiger charge is -2.33. The van der Waals surface area contributed by atoms with E-state index in [1.165, 1.54) is 28.6 Å². The van der Waals surface area contributed by atoms with Crippen molar-refractivity contribution in [2.75, 3.05) is 85.3 Å². The minimum absolute atomic E-state index is 0.0347. The monoisotopic (exact) mass is 628 g/mol. The van der Waals surface area contributed by atoms with Crippen LogP contribution in [0.5, 0.6) is 0 Å². The summed E-state index contributed by atoms with van der Waals surface area (Å²) >= 11 is 0. The van der Waals surface area contributed by atoms with E-state index < -0.39 is 39.7 Å². The van der Waals surface area contributed by atoms with Gasteiger partial charge in [0, 0.05) is 64.9 Å². The zero-order valence-electron chi connectivity index (χ0n) is 23.9. The molecule has 4 rings (SSSR count). The number of hydrogen-bond acceptors (Lipinski definition) is 8. The zero-order valence-corrected chi connectivity index (χ0v) is 24.7. The van der Waals surface area contributed by atoms with Crippen molar-refractivity contribution in [2.24, 2.45) is 5.92 Å². The maximum atomic E-state index is 13.8. The number of nitrogens with zero attached hydrogens (tertiary/aromatic N) is 3. The van der Waals surface area contributed by atoms with Crippen LogP contribution in [-0.4, -0.2) is 119 Å². The van der Waals surface area contributed by atoms with E-state index >= 15 is 0 Å². The third kappa shape index (κ3) is 9.45. The first kappa shape index (κ1) is 33.3. The highest BCUT2D eigenvalue weighted by molar-refractivity contribution is 7.89. The molecule has 2 aromatic rings. The molecule has 2 heterocycles. The zero-order chi connectivity index (χ0) is 30.9. The maximum Gasteiger partial charge on any atom is 0.416 e. The normalized spacial score (nSPS) is 18.9. The first-order valence-electron chi connectivity index (χ1n) is 14.3. The predicted molar refractivity (Wildman–Crippen MR) is 153 cm³/mol. The van der Waals surface area contributed by atoms with Crippen LogP contribution in [0.3, 0.4) is 0 Å². The van der Waals surface area contributed by atoms with Crippen molar-refractivity contribution in [2.45, 2.75) is 17.1 Å². The lowest BCUT2D eigenvalue weighted by atomic mass is 9.92. The molecule has 0 amide bonds. The van der Waals surface area contributed by atoms with Crippen LogP contribution in [0.15, 0.2) is 59.5 Å². The standard InChI is InChI=1S/C29H39F3N4O6S/c30-29(31,32)24-8-6-23(7-9-24)27(33-10-11-34-14-18-41-19-15-34)26(28(37)38)22-36(13-12-35-16-20-42-21-17-35)43(39,40)25-4-2-1-3-5-25/h1-9,26-27,33H,10-22H2,(H,37,38). The minimum Gasteiger partial charge on any atom is -0.481 e. The Morgan fingerprint density at radius 3 is 2.00 bits per heavy atom. The van der Waals surface area contributed by atoms with Gasteiger partial charge in [0.05, 0.1) is 42.8 Å². The number of sulfonamides is 1. The number of morpholine rings is 2. The summed E-state index contributed by atoms with van der Waals surface area (Å²) in [6, 6.07) is 11.2. The molecule has 2 unspecified atom stereocenters. The maximum absolute atomic E-state index is 13.8. The summed E-state index contributed by atoms with van der Waals surface area (Å²) in [5, 5.41) is 13.7. The van der Waals surface area contributed by atoms with Crippen molar-refractivity contribution >= 4 is 16.0 Å². The molecule has 2 saturated heterocycles. The second kappa shape index (κ2) is 15.4. The molecule has 2 aliphatic heterocycles. The summed E-state index contributed by atoms with van der Waals surface area (Å²) < 4.78 is 79.5. The summed E-state index contributed by atoms with van der Waals surface area (Å²) in [5.41, 5.74) is -0.526. The van der Waals surface area contributed by atoms with Gasteiger partial charge in [-0.25, -0.2) is 8.42 Å². The topological polar surface area (TPSA) is 112 Å². The third-order valence-electron chi connectivity index (χ3n) is 7.76. The number of carboxylic acid groups (broad SMARTS) is 1. The fourth-order valence-corrected chi connectivity index (χ4v) is 6.73. The molecule has 2 fully saturated rings. The summed E-state index contributed by atoms with van der Waals surface area (Å²) in [7, 11) is -4.10. The summed E-state index contributed by atoms with van der Waals surface area (Å²) in [6.45, 7) is 5.80. The fourth-order valence-electron chi connectivity index (χ4n) is 5.25. The van der Waals surface area contributed by atoms with Crippen LogP contribution in [0.4, 0.5) is 13.2 Å². The number of ether oxygens (including phenoxy) is 2. The Kier molecular flexibility index (Phi) is 11.9. The Bertz CT molecular complexity index is 1260. The van der Waals surface area contributed by atoms with Crippen molar-refractivity contribution in [1.29, 1.82) is 0 Å². The molecule has 2 atom stereocenters. The Morgan fingerprint density at radius 1 is 0.907 bits per heavy atom. The molecule has 2 aromatic carbocycles. The molecule has 2 aliphatic rings. The van der Waals surface area contributed by atoms with Gasteiger partial charge < -0.3 is 19.9 Å². The highest BCUT2D eigenvalue weighted by Crippen LogP contribution is 2.32. The predicted octanol–water partition coefficient (Wildman–Crippen LogP) is 2.39. The van der Waals surface area contributed by atoms with Crippen LogP contribution in [-0.2, 0) is 30.5 Å². The Balaban J connectivity index is 1.62. The summed E-state index contributed by atoms with van der Waals surface area (Å²) in [6.07, 6.45) is -4.55. The van der Waals surface area contributed by atoms with E-state index in [0.717, 1.165) is 12.1 Å². The van der Waals surface area contributed by atoms with Gasteiger partial charge in [-0.3, -0.25) is 14.6 Å². The van der Waals surface area contributed by atoms with Gasteiger partial charge in [-0.15, -0.1) is 0 Å². The van der Waals surface area contributed by atoms with Crippen LogP contribution in [0.1, 0.15) is 17.2 Å². The van der Waals surface area contributed by atoms with Crippen molar-refractivity contribution in [3.05, 3.63) is 65.7 Å². The summed E-state index contributed by atoms with van der Waals surface area (Å²) in [4.78, 5) is 17.0. The molecule has 0 spiro atoms. The van der Waals surface area contributed by atoms with Gasteiger partial charge >= 0.3 is 12.1 Å². The number of halogens is 3. The largest absolute Gasteiger partial charge is 0.481 e. The first-order valence-corrected chi connectivity index (χ1v) is 15.8. The molecule has 0 aromatic heterocycles. The highest BCUT2D eigenvalue weighted by Gasteiger charge is 2.37. The van der Waals surface area contributed by atoms with Gasteiger partial charge in [0.2, 0.25) is 10.0 Å². The molecule has 10 nitrogen and oxygen atoms in total. The van der Waals surface area contributed by atoms with E-state index in [9.17, 15) is 31.5 Å². The number of alkyl halides is 3. The highest BCUT2D eigenvalue weighted by atomic mass is 32.2. The van der Waals surface area contributed by atoms with Crippen LogP contribution < -0.4 is 5.32 Å².